The van der Waals surface area contributed by atoms with E-state index in [4.69, 9.17) is 15.6 Å². The summed E-state index contributed by atoms with van der Waals surface area (Å²) in [5.74, 6) is 0.306. The maximum atomic E-state index is 11.1. The van der Waals surface area contributed by atoms with Crippen molar-refractivity contribution >= 4 is 22.7 Å². The van der Waals surface area contributed by atoms with Crippen LogP contribution in [0.1, 0.15) is 5.82 Å². The van der Waals surface area contributed by atoms with Gasteiger partial charge in [0.05, 0.1) is 11.0 Å². The molecule has 0 radical (unpaired) electrons. The maximum absolute atomic E-state index is 11.1. The lowest BCUT2D eigenvalue weighted by molar-refractivity contribution is -0.137. The summed E-state index contributed by atoms with van der Waals surface area (Å²) < 4.78 is 7.31. The molecule has 0 fully saturated rings. The number of benzene rings is 2. The van der Waals surface area contributed by atoms with Crippen LogP contribution < -0.4 is 10.5 Å². The Morgan fingerprint density at radius 1 is 1.18 bits per heavy atom. The first-order valence-corrected chi connectivity index (χ1v) is 6.78. The number of imidazole rings is 1. The molecule has 2 aromatic carbocycles. The standard InChI is InChI=1S/C16H15N3O3/c17-11-5-7-12(8-6-11)22-10-15-18-13-3-1-2-4-14(13)19(15)9-16(20)21/h1-8H,9-10,17H2,(H,20,21). The lowest BCUT2D eigenvalue weighted by atomic mass is 10.3. The van der Waals surface area contributed by atoms with Crippen LogP contribution in [0.2, 0.25) is 0 Å². The van der Waals surface area contributed by atoms with E-state index in [0.29, 0.717) is 17.3 Å². The van der Waals surface area contributed by atoms with E-state index < -0.39 is 5.97 Å². The molecule has 0 aliphatic heterocycles. The summed E-state index contributed by atoms with van der Waals surface area (Å²) in [7, 11) is 0. The van der Waals surface area contributed by atoms with Crippen LogP contribution in [-0.4, -0.2) is 20.6 Å². The maximum Gasteiger partial charge on any atom is 0.323 e. The number of anilines is 1. The SMILES string of the molecule is Nc1ccc(OCc2nc3ccccc3n2CC(=O)O)cc1. The summed E-state index contributed by atoms with van der Waals surface area (Å²) in [6.45, 7) is 0.0345. The number of carboxylic acid groups (broad SMARTS) is 1. The molecular weight excluding hydrogens is 282 g/mol. The highest BCUT2D eigenvalue weighted by Gasteiger charge is 2.13. The first kappa shape index (κ1) is 13.9. The second-order valence-corrected chi connectivity index (χ2v) is 4.85. The Bertz CT molecular complexity index is 809. The molecule has 0 saturated carbocycles. The smallest absolute Gasteiger partial charge is 0.323 e. The fourth-order valence-corrected chi connectivity index (χ4v) is 2.26. The molecule has 0 atom stereocenters. The number of rotatable bonds is 5. The summed E-state index contributed by atoms with van der Waals surface area (Å²) in [4.78, 5) is 15.5. The number of ether oxygens (including phenoxy) is 1. The minimum Gasteiger partial charge on any atom is -0.486 e. The Hall–Kier alpha value is -3.02. The van der Waals surface area contributed by atoms with E-state index in [-0.39, 0.29) is 13.2 Å². The Morgan fingerprint density at radius 3 is 2.64 bits per heavy atom. The largest absolute Gasteiger partial charge is 0.486 e. The van der Waals surface area contributed by atoms with E-state index >= 15 is 0 Å². The molecule has 0 aliphatic carbocycles. The van der Waals surface area contributed by atoms with E-state index in [2.05, 4.69) is 4.98 Å². The van der Waals surface area contributed by atoms with E-state index in [0.717, 1.165) is 11.0 Å². The number of aromatic nitrogens is 2. The molecular formula is C16H15N3O3. The molecule has 0 spiro atoms. The van der Waals surface area contributed by atoms with Crippen molar-refractivity contribution < 1.29 is 14.6 Å². The summed E-state index contributed by atoms with van der Waals surface area (Å²) in [6, 6.07) is 14.4. The molecule has 0 bridgehead atoms. The lowest BCUT2D eigenvalue weighted by Crippen LogP contribution is -2.13. The van der Waals surface area contributed by atoms with E-state index in [1.165, 1.54) is 0 Å². The van der Waals surface area contributed by atoms with Gasteiger partial charge in [-0.3, -0.25) is 4.79 Å². The third kappa shape index (κ3) is 2.85. The topological polar surface area (TPSA) is 90.4 Å². The lowest BCUT2D eigenvalue weighted by Gasteiger charge is -2.08. The fraction of sp³-hybridized carbons (Fsp3) is 0.125. The molecule has 3 aromatic rings. The molecule has 6 nitrogen and oxygen atoms in total. The minimum atomic E-state index is -0.920. The van der Waals surface area contributed by atoms with Crippen LogP contribution >= 0.6 is 0 Å². The van der Waals surface area contributed by atoms with Gasteiger partial charge < -0.3 is 20.1 Å². The first-order valence-electron chi connectivity index (χ1n) is 6.78. The first-order chi connectivity index (χ1) is 10.6. The average Bonchev–Trinajstić information content (AvgIpc) is 2.84. The van der Waals surface area contributed by atoms with Gasteiger partial charge in [0.15, 0.2) is 0 Å². The molecule has 0 saturated heterocycles. The van der Waals surface area contributed by atoms with Gasteiger partial charge in [-0.25, -0.2) is 4.98 Å². The molecule has 3 rings (SSSR count). The Labute approximate surface area is 126 Å². The zero-order valence-electron chi connectivity index (χ0n) is 11.8. The number of nitrogens with two attached hydrogens (primary N) is 1. The van der Waals surface area contributed by atoms with E-state index in [9.17, 15) is 4.79 Å². The van der Waals surface area contributed by atoms with Gasteiger partial charge in [0.1, 0.15) is 24.7 Å². The van der Waals surface area contributed by atoms with Crippen LogP contribution in [0.5, 0.6) is 5.75 Å². The van der Waals surface area contributed by atoms with Crippen LogP contribution in [0.25, 0.3) is 11.0 Å². The number of hydrogen-bond acceptors (Lipinski definition) is 4. The Balaban J connectivity index is 1.88. The average molecular weight is 297 g/mol. The van der Waals surface area contributed by atoms with Crippen molar-refractivity contribution in [1.29, 1.82) is 0 Å². The highest BCUT2D eigenvalue weighted by atomic mass is 16.5. The predicted octanol–water partition coefficient (Wildman–Crippen LogP) is 2.28. The molecule has 0 aliphatic rings. The second kappa shape index (κ2) is 5.77. The Morgan fingerprint density at radius 2 is 1.91 bits per heavy atom. The van der Waals surface area contributed by atoms with Gasteiger partial charge in [-0.1, -0.05) is 12.1 Å². The van der Waals surface area contributed by atoms with Gasteiger partial charge in [-0.05, 0) is 36.4 Å². The van der Waals surface area contributed by atoms with Crippen molar-refractivity contribution in [3.05, 3.63) is 54.4 Å². The van der Waals surface area contributed by atoms with Crippen molar-refractivity contribution in [2.75, 3.05) is 5.73 Å². The second-order valence-electron chi connectivity index (χ2n) is 4.85. The quantitative estimate of drug-likeness (QED) is 0.705. The van der Waals surface area contributed by atoms with Gasteiger partial charge in [0.2, 0.25) is 0 Å². The molecule has 112 valence electrons. The molecule has 3 N–H and O–H groups in total. The number of fused-ring (bicyclic) bond motifs is 1. The molecule has 6 heteroatoms. The number of para-hydroxylation sites is 2. The summed E-state index contributed by atoms with van der Waals surface area (Å²) in [5.41, 5.74) is 7.81. The molecule has 0 amide bonds. The summed E-state index contributed by atoms with van der Waals surface area (Å²) in [5, 5.41) is 9.08. The van der Waals surface area contributed by atoms with Crippen molar-refractivity contribution in [2.24, 2.45) is 0 Å². The van der Waals surface area contributed by atoms with Crippen LogP contribution in [0.3, 0.4) is 0 Å². The van der Waals surface area contributed by atoms with Crippen LogP contribution in [0, 0.1) is 0 Å². The van der Waals surface area contributed by atoms with Gasteiger partial charge in [0, 0.05) is 5.69 Å². The van der Waals surface area contributed by atoms with Crippen LogP contribution in [-0.2, 0) is 17.9 Å². The highest BCUT2D eigenvalue weighted by Crippen LogP contribution is 2.19. The normalized spacial score (nSPS) is 10.7. The number of carboxylic acids is 1. The van der Waals surface area contributed by atoms with Gasteiger partial charge in [-0.2, -0.15) is 0 Å². The summed E-state index contributed by atoms with van der Waals surface area (Å²) >= 11 is 0. The number of nitrogen functional groups attached to an aromatic ring is 1. The van der Waals surface area contributed by atoms with E-state index in [1.807, 2.05) is 24.3 Å². The highest BCUT2D eigenvalue weighted by molar-refractivity contribution is 5.78. The zero-order valence-corrected chi connectivity index (χ0v) is 11.8. The third-order valence-electron chi connectivity index (χ3n) is 3.28. The zero-order chi connectivity index (χ0) is 15.5. The van der Waals surface area contributed by atoms with Gasteiger partial charge >= 0.3 is 5.97 Å². The van der Waals surface area contributed by atoms with Crippen molar-refractivity contribution in [1.82, 2.24) is 9.55 Å². The van der Waals surface area contributed by atoms with Gasteiger partial charge in [0.25, 0.3) is 0 Å². The number of nitrogens with zero attached hydrogens (tertiary/aromatic N) is 2. The van der Waals surface area contributed by atoms with Crippen molar-refractivity contribution in [3.8, 4) is 5.75 Å². The molecule has 22 heavy (non-hydrogen) atoms. The monoisotopic (exact) mass is 297 g/mol. The van der Waals surface area contributed by atoms with Crippen molar-refractivity contribution in [2.45, 2.75) is 13.2 Å². The van der Waals surface area contributed by atoms with Crippen LogP contribution in [0.15, 0.2) is 48.5 Å². The number of carbonyl (C=O) groups is 1. The minimum absolute atomic E-state index is 0.152. The Kier molecular flexibility index (Phi) is 3.65. The third-order valence-corrected chi connectivity index (χ3v) is 3.28. The predicted molar refractivity (Wildman–Crippen MR) is 82.6 cm³/mol. The molecule has 1 aromatic heterocycles. The van der Waals surface area contributed by atoms with Crippen LogP contribution in [0.4, 0.5) is 5.69 Å². The van der Waals surface area contributed by atoms with Crippen molar-refractivity contribution in [3.63, 3.8) is 0 Å². The number of hydrogen-bond donors (Lipinski definition) is 2. The molecule has 1 heterocycles. The van der Waals surface area contributed by atoms with E-state index in [1.54, 1.807) is 28.8 Å². The van der Waals surface area contributed by atoms with Gasteiger partial charge in [-0.15, -0.1) is 0 Å². The molecule has 0 unspecified atom stereocenters. The summed E-state index contributed by atoms with van der Waals surface area (Å²) in [6.07, 6.45) is 0. The fourth-order valence-electron chi connectivity index (χ4n) is 2.26. The number of aliphatic carboxylic acids is 1.